The highest BCUT2D eigenvalue weighted by Gasteiger charge is 2.36. The zero-order chi connectivity index (χ0) is 12.3. The van der Waals surface area contributed by atoms with Crippen molar-refractivity contribution >= 4 is 5.91 Å². The Bertz CT molecular complexity index is 277. The molecule has 2 unspecified atom stereocenters. The van der Waals surface area contributed by atoms with Crippen molar-refractivity contribution in [1.82, 2.24) is 15.5 Å². The Morgan fingerprint density at radius 2 is 2.47 bits per heavy atom. The molecule has 2 aliphatic heterocycles. The molecule has 0 aromatic carbocycles. The van der Waals surface area contributed by atoms with Gasteiger partial charge in [0.2, 0.25) is 5.91 Å². The lowest BCUT2D eigenvalue weighted by Gasteiger charge is -2.31. The van der Waals surface area contributed by atoms with Crippen LogP contribution in [0.15, 0.2) is 0 Å². The first-order valence-electron chi connectivity index (χ1n) is 6.44. The number of carbonyl (C=O) groups is 1. The van der Waals surface area contributed by atoms with E-state index in [2.05, 4.69) is 22.6 Å². The number of likely N-dealkylation sites (N-methyl/N-ethyl adjacent to an activating group) is 1. The summed E-state index contributed by atoms with van der Waals surface area (Å²) < 4.78 is 5.62. The molecule has 2 aliphatic rings. The van der Waals surface area contributed by atoms with E-state index in [0.29, 0.717) is 6.54 Å². The Morgan fingerprint density at radius 3 is 3.12 bits per heavy atom. The number of hydrogen-bond donors (Lipinski definition) is 2. The van der Waals surface area contributed by atoms with Crippen LogP contribution in [-0.2, 0) is 9.53 Å². The first kappa shape index (κ1) is 12.8. The molecule has 0 saturated carbocycles. The van der Waals surface area contributed by atoms with Gasteiger partial charge < -0.3 is 20.3 Å². The van der Waals surface area contributed by atoms with Crippen molar-refractivity contribution in [2.45, 2.75) is 31.4 Å². The maximum absolute atomic E-state index is 12.0. The molecule has 2 saturated heterocycles. The minimum absolute atomic E-state index is 0.104. The van der Waals surface area contributed by atoms with E-state index in [4.69, 9.17) is 4.74 Å². The summed E-state index contributed by atoms with van der Waals surface area (Å²) in [6.45, 7) is 6.15. The average Bonchev–Trinajstić information content (AvgIpc) is 2.74. The number of nitrogens with zero attached hydrogens (tertiary/aromatic N) is 1. The number of nitrogens with one attached hydrogen (secondary N) is 2. The van der Waals surface area contributed by atoms with E-state index >= 15 is 0 Å². The Balaban J connectivity index is 1.75. The van der Waals surface area contributed by atoms with Crippen LogP contribution in [-0.4, -0.2) is 62.3 Å². The molecule has 0 aromatic rings. The minimum atomic E-state index is -0.374. The maximum Gasteiger partial charge on any atom is 0.240 e. The third-order valence-electron chi connectivity index (χ3n) is 3.70. The van der Waals surface area contributed by atoms with Crippen LogP contribution in [0.1, 0.15) is 19.8 Å². The van der Waals surface area contributed by atoms with Crippen LogP contribution in [0.25, 0.3) is 0 Å². The van der Waals surface area contributed by atoms with Gasteiger partial charge in [0.05, 0.1) is 18.2 Å². The first-order chi connectivity index (χ1) is 8.10. The van der Waals surface area contributed by atoms with E-state index in [1.807, 2.05) is 6.92 Å². The van der Waals surface area contributed by atoms with E-state index in [-0.39, 0.29) is 17.6 Å². The molecular formula is C12H23N3O2. The van der Waals surface area contributed by atoms with Gasteiger partial charge in [-0.1, -0.05) is 0 Å². The van der Waals surface area contributed by atoms with E-state index in [1.54, 1.807) is 0 Å². The van der Waals surface area contributed by atoms with E-state index < -0.39 is 0 Å². The third-order valence-corrected chi connectivity index (χ3v) is 3.70. The minimum Gasteiger partial charge on any atom is -0.374 e. The second-order valence-corrected chi connectivity index (χ2v) is 5.33. The molecule has 0 radical (unpaired) electrons. The fourth-order valence-electron chi connectivity index (χ4n) is 2.48. The normalized spacial score (nSPS) is 34.8. The van der Waals surface area contributed by atoms with Gasteiger partial charge in [0.25, 0.3) is 0 Å². The quantitative estimate of drug-likeness (QED) is 0.704. The highest BCUT2D eigenvalue weighted by Crippen LogP contribution is 2.18. The maximum atomic E-state index is 12.0. The highest BCUT2D eigenvalue weighted by atomic mass is 16.5. The smallest absolute Gasteiger partial charge is 0.240 e. The molecule has 2 heterocycles. The fraction of sp³-hybridized carbons (Fsp3) is 0.917. The van der Waals surface area contributed by atoms with Crippen molar-refractivity contribution in [2.24, 2.45) is 0 Å². The number of carbonyl (C=O) groups excluding carboxylic acids is 1. The van der Waals surface area contributed by atoms with Gasteiger partial charge in [0.15, 0.2) is 0 Å². The molecule has 2 N–H and O–H groups in total. The Kier molecular flexibility index (Phi) is 4.01. The third kappa shape index (κ3) is 3.18. The van der Waals surface area contributed by atoms with Crippen molar-refractivity contribution in [3.8, 4) is 0 Å². The second-order valence-electron chi connectivity index (χ2n) is 5.33. The number of morpholine rings is 1. The Hall–Kier alpha value is -0.650. The predicted molar refractivity (Wildman–Crippen MR) is 65.9 cm³/mol. The van der Waals surface area contributed by atoms with E-state index in [0.717, 1.165) is 39.1 Å². The molecule has 2 atom stereocenters. The van der Waals surface area contributed by atoms with Gasteiger partial charge in [-0.05, 0) is 33.4 Å². The van der Waals surface area contributed by atoms with Crippen LogP contribution in [0.4, 0.5) is 0 Å². The molecule has 0 spiro atoms. The Morgan fingerprint density at radius 1 is 1.65 bits per heavy atom. The molecule has 98 valence electrons. The number of rotatable bonds is 3. The van der Waals surface area contributed by atoms with Crippen molar-refractivity contribution in [1.29, 1.82) is 0 Å². The first-order valence-corrected chi connectivity index (χ1v) is 6.44. The molecule has 0 aliphatic carbocycles. The van der Waals surface area contributed by atoms with Crippen molar-refractivity contribution < 1.29 is 9.53 Å². The average molecular weight is 241 g/mol. The predicted octanol–water partition coefficient (Wildman–Crippen LogP) is -0.425. The molecule has 0 aromatic heterocycles. The van der Waals surface area contributed by atoms with Crippen LogP contribution < -0.4 is 10.6 Å². The van der Waals surface area contributed by atoms with Gasteiger partial charge in [-0.25, -0.2) is 0 Å². The second kappa shape index (κ2) is 5.33. The Labute approximate surface area is 103 Å². The highest BCUT2D eigenvalue weighted by molar-refractivity contribution is 5.86. The van der Waals surface area contributed by atoms with Gasteiger partial charge in [-0.15, -0.1) is 0 Å². The molecule has 17 heavy (non-hydrogen) atoms. The lowest BCUT2D eigenvalue weighted by molar-refractivity contribution is -0.127. The summed E-state index contributed by atoms with van der Waals surface area (Å²) >= 11 is 0. The molecule has 5 heteroatoms. The topological polar surface area (TPSA) is 53.6 Å². The summed E-state index contributed by atoms with van der Waals surface area (Å²) in [4.78, 5) is 14.3. The summed E-state index contributed by atoms with van der Waals surface area (Å²) in [5.74, 6) is 0.104. The van der Waals surface area contributed by atoms with Crippen LogP contribution >= 0.6 is 0 Å². The number of hydrogen-bond acceptors (Lipinski definition) is 4. The monoisotopic (exact) mass is 241 g/mol. The molecule has 2 fully saturated rings. The van der Waals surface area contributed by atoms with Crippen molar-refractivity contribution in [3.05, 3.63) is 0 Å². The SMILES string of the molecule is CN1CCOC(CNC(=O)C2(C)CCCN2)C1. The molecular weight excluding hydrogens is 218 g/mol. The summed E-state index contributed by atoms with van der Waals surface area (Å²) in [6.07, 6.45) is 2.12. The fourth-order valence-corrected chi connectivity index (χ4v) is 2.48. The summed E-state index contributed by atoms with van der Waals surface area (Å²) in [6, 6.07) is 0. The summed E-state index contributed by atoms with van der Waals surface area (Å²) in [5.41, 5.74) is -0.374. The summed E-state index contributed by atoms with van der Waals surface area (Å²) in [5, 5.41) is 6.27. The van der Waals surface area contributed by atoms with Crippen LogP contribution in [0.2, 0.25) is 0 Å². The van der Waals surface area contributed by atoms with E-state index in [1.165, 1.54) is 0 Å². The van der Waals surface area contributed by atoms with Crippen molar-refractivity contribution in [2.75, 3.05) is 39.8 Å². The molecule has 2 rings (SSSR count). The zero-order valence-corrected chi connectivity index (χ0v) is 10.8. The standard InChI is InChI=1S/C12H23N3O2/c1-12(4-3-5-14-12)11(16)13-8-10-9-15(2)6-7-17-10/h10,14H,3-9H2,1-2H3,(H,13,16). The van der Waals surface area contributed by atoms with Gasteiger partial charge in [0, 0.05) is 19.6 Å². The number of amides is 1. The van der Waals surface area contributed by atoms with Crippen molar-refractivity contribution in [3.63, 3.8) is 0 Å². The molecule has 1 amide bonds. The molecule has 0 bridgehead atoms. The van der Waals surface area contributed by atoms with Crippen LogP contribution in [0.3, 0.4) is 0 Å². The van der Waals surface area contributed by atoms with Crippen LogP contribution in [0, 0.1) is 0 Å². The van der Waals surface area contributed by atoms with Gasteiger partial charge in [-0.2, -0.15) is 0 Å². The lowest BCUT2D eigenvalue weighted by Crippen LogP contribution is -2.54. The van der Waals surface area contributed by atoms with Crippen LogP contribution in [0.5, 0.6) is 0 Å². The number of ether oxygens (including phenoxy) is 1. The largest absolute Gasteiger partial charge is 0.374 e. The van der Waals surface area contributed by atoms with Gasteiger partial charge >= 0.3 is 0 Å². The lowest BCUT2D eigenvalue weighted by atomic mass is 9.99. The molecule has 5 nitrogen and oxygen atoms in total. The van der Waals surface area contributed by atoms with E-state index in [9.17, 15) is 4.79 Å². The van der Waals surface area contributed by atoms with Gasteiger partial charge in [-0.3, -0.25) is 4.79 Å². The summed E-state index contributed by atoms with van der Waals surface area (Å²) in [7, 11) is 2.08. The zero-order valence-electron chi connectivity index (χ0n) is 10.8. The van der Waals surface area contributed by atoms with Gasteiger partial charge in [0.1, 0.15) is 0 Å².